The third kappa shape index (κ3) is 3.68. The Balaban J connectivity index is 1.77. The lowest BCUT2D eigenvalue weighted by Crippen LogP contribution is -2.23. The molecule has 0 aliphatic rings. The fraction of sp³-hybridized carbons (Fsp3) is 0.211. The Morgan fingerprint density at radius 1 is 1.24 bits per heavy atom. The third-order valence-corrected chi connectivity index (χ3v) is 3.96. The van der Waals surface area contributed by atoms with Crippen molar-refractivity contribution in [3.05, 3.63) is 65.6 Å². The summed E-state index contributed by atoms with van der Waals surface area (Å²) < 4.78 is 7.00. The second-order valence-corrected chi connectivity index (χ2v) is 5.73. The smallest absolute Gasteiger partial charge is 0.272 e. The van der Waals surface area contributed by atoms with Gasteiger partial charge in [0, 0.05) is 18.8 Å². The molecule has 0 atom stereocenters. The highest BCUT2D eigenvalue weighted by Crippen LogP contribution is 2.26. The van der Waals surface area contributed by atoms with Crippen LogP contribution >= 0.6 is 0 Å². The number of carbonyl (C=O) groups excluding carboxylic acids is 1. The van der Waals surface area contributed by atoms with Crippen molar-refractivity contribution in [3.63, 3.8) is 0 Å². The van der Waals surface area contributed by atoms with E-state index in [1.54, 1.807) is 24.1 Å². The van der Waals surface area contributed by atoms with Gasteiger partial charge in [-0.25, -0.2) is 0 Å². The first kappa shape index (κ1) is 16.7. The van der Waals surface area contributed by atoms with Crippen LogP contribution < -0.4 is 10.1 Å². The second kappa shape index (κ2) is 7.17. The van der Waals surface area contributed by atoms with Crippen molar-refractivity contribution in [2.75, 3.05) is 7.11 Å². The summed E-state index contributed by atoms with van der Waals surface area (Å²) in [5, 5.41) is 7.16. The number of nitrogens with one attached hydrogen (secondary N) is 1. The van der Waals surface area contributed by atoms with E-state index in [9.17, 15) is 4.79 Å². The van der Waals surface area contributed by atoms with Crippen molar-refractivity contribution in [2.24, 2.45) is 7.05 Å². The van der Waals surface area contributed by atoms with Gasteiger partial charge in [0.2, 0.25) is 0 Å². The lowest BCUT2D eigenvalue weighted by atomic mass is 10.1. The third-order valence-electron chi connectivity index (χ3n) is 3.96. The Kier molecular flexibility index (Phi) is 4.79. The molecule has 0 saturated heterocycles. The standard InChI is InChI=1S/C19H20N4O2/c1-13-10-14(7-8-18(13)25-3)17-11-16(22-23(17)2)19(24)21-12-15-6-4-5-9-20-15/h4-11H,12H2,1-3H3,(H,21,24). The largest absolute Gasteiger partial charge is 0.496 e. The zero-order valence-electron chi connectivity index (χ0n) is 14.5. The molecule has 0 radical (unpaired) electrons. The molecule has 0 saturated carbocycles. The lowest BCUT2D eigenvalue weighted by molar-refractivity contribution is 0.0944. The summed E-state index contributed by atoms with van der Waals surface area (Å²) in [6.45, 7) is 2.35. The van der Waals surface area contributed by atoms with Crippen LogP contribution in [-0.2, 0) is 13.6 Å². The number of hydrogen-bond donors (Lipinski definition) is 1. The highest BCUT2D eigenvalue weighted by Gasteiger charge is 2.14. The van der Waals surface area contributed by atoms with Gasteiger partial charge < -0.3 is 10.1 Å². The molecule has 25 heavy (non-hydrogen) atoms. The molecule has 1 N–H and O–H groups in total. The molecule has 6 nitrogen and oxygen atoms in total. The monoisotopic (exact) mass is 336 g/mol. The molecule has 3 rings (SSSR count). The van der Waals surface area contributed by atoms with E-state index in [-0.39, 0.29) is 5.91 Å². The average molecular weight is 336 g/mol. The van der Waals surface area contributed by atoms with Crippen LogP contribution in [0.15, 0.2) is 48.7 Å². The van der Waals surface area contributed by atoms with Crippen molar-refractivity contribution in [1.82, 2.24) is 20.1 Å². The number of nitrogens with zero attached hydrogens (tertiary/aromatic N) is 3. The fourth-order valence-corrected chi connectivity index (χ4v) is 2.65. The number of amides is 1. The summed E-state index contributed by atoms with van der Waals surface area (Å²) in [5.41, 5.74) is 4.06. The number of rotatable bonds is 5. The van der Waals surface area contributed by atoms with Gasteiger partial charge in [-0.1, -0.05) is 6.07 Å². The van der Waals surface area contributed by atoms with Gasteiger partial charge in [0.25, 0.3) is 5.91 Å². The van der Waals surface area contributed by atoms with E-state index in [2.05, 4.69) is 15.4 Å². The molecule has 0 aliphatic heterocycles. The molecule has 0 bridgehead atoms. The minimum atomic E-state index is -0.224. The first-order valence-electron chi connectivity index (χ1n) is 7.95. The van der Waals surface area contributed by atoms with Crippen LogP contribution in [0.2, 0.25) is 0 Å². The van der Waals surface area contributed by atoms with E-state index in [0.29, 0.717) is 12.2 Å². The van der Waals surface area contributed by atoms with Crippen LogP contribution in [0.25, 0.3) is 11.3 Å². The molecule has 0 spiro atoms. The molecule has 2 aromatic heterocycles. The van der Waals surface area contributed by atoms with Gasteiger partial charge in [-0.15, -0.1) is 0 Å². The number of aryl methyl sites for hydroxylation is 2. The van der Waals surface area contributed by atoms with E-state index in [4.69, 9.17) is 4.74 Å². The first-order valence-corrected chi connectivity index (χ1v) is 7.95. The van der Waals surface area contributed by atoms with Crippen molar-refractivity contribution >= 4 is 5.91 Å². The van der Waals surface area contributed by atoms with E-state index >= 15 is 0 Å². The Bertz CT molecular complexity index is 888. The molecule has 3 aromatic rings. The maximum absolute atomic E-state index is 12.3. The Hall–Kier alpha value is -3.15. The van der Waals surface area contributed by atoms with Gasteiger partial charge in [-0.3, -0.25) is 14.5 Å². The summed E-state index contributed by atoms with van der Waals surface area (Å²) in [7, 11) is 3.47. The highest BCUT2D eigenvalue weighted by atomic mass is 16.5. The molecular weight excluding hydrogens is 316 g/mol. The van der Waals surface area contributed by atoms with E-state index in [0.717, 1.165) is 28.3 Å². The SMILES string of the molecule is COc1ccc(-c2cc(C(=O)NCc3ccccn3)nn2C)cc1C. The Morgan fingerprint density at radius 3 is 2.76 bits per heavy atom. The van der Waals surface area contributed by atoms with Gasteiger partial charge in [0.05, 0.1) is 25.0 Å². The maximum Gasteiger partial charge on any atom is 0.272 e. The van der Waals surface area contributed by atoms with E-state index in [1.807, 2.05) is 50.4 Å². The first-order chi connectivity index (χ1) is 12.1. The van der Waals surface area contributed by atoms with E-state index < -0.39 is 0 Å². The van der Waals surface area contributed by atoms with Gasteiger partial charge >= 0.3 is 0 Å². The summed E-state index contributed by atoms with van der Waals surface area (Å²) in [6.07, 6.45) is 1.70. The Labute approximate surface area is 146 Å². The van der Waals surface area contributed by atoms with Gasteiger partial charge in [-0.2, -0.15) is 5.10 Å². The van der Waals surface area contributed by atoms with Crippen LogP contribution in [0.5, 0.6) is 5.75 Å². The maximum atomic E-state index is 12.3. The van der Waals surface area contributed by atoms with Crippen LogP contribution in [0.1, 0.15) is 21.7 Å². The van der Waals surface area contributed by atoms with Crippen molar-refractivity contribution in [1.29, 1.82) is 0 Å². The minimum absolute atomic E-state index is 0.224. The summed E-state index contributed by atoms with van der Waals surface area (Å²) in [4.78, 5) is 16.5. The molecule has 128 valence electrons. The summed E-state index contributed by atoms with van der Waals surface area (Å²) in [6, 6.07) is 13.3. The zero-order chi connectivity index (χ0) is 17.8. The van der Waals surface area contributed by atoms with Crippen LogP contribution in [0, 0.1) is 6.92 Å². The number of hydrogen-bond acceptors (Lipinski definition) is 4. The number of benzene rings is 1. The molecule has 0 unspecified atom stereocenters. The predicted octanol–water partition coefficient (Wildman–Crippen LogP) is 2.73. The average Bonchev–Trinajstić information content (AvgIpc) is 3.02. The summed E-state index contributed by atoms with van der Waals surface area (Å²) >= 11 is 0. The molecule has 6 heteroatoms. The van der Waals surface area contributed by atoms with Crippen LogP contribution in [0.3, 0.4) is 0 Å². The molecule has 1 aromatic carbocycles. The zero-order valence-corrected chi connectivity index (χ0v) is 14.5. The molecule has 0 aliphatic carbocycles. The van der Waals surface area contributed by atoms with Gasteiger partial charge in [-0.05, 0) is 48.9 Å². The number of aromatic nitrogens is 3. The van der Waals surface area contributed by atoms with Gasteiger partial charge in [0.15, 0.2) is 5.69 Å². The predicted molar refractivity (Wildman–Crippen MR) is 95.3 cm³/mol. The highest BCUT2D eigenvalue weighted by molar-refractivity contribution is 5.93. The van der Waals surface area contributed by atoms with Crippen LogP contribution in [-0.4, -0.2) is 27.8 Å². The second-order valence-electron chi connectivity index (χ2n) is 5.73. The normalized spacial score (nSPS) is 10.5. The number of carbonyl (C=O) groups is 1. The van der Waals surface area contributed by atoms with Crippen LogP contribution in [0.4, 0.5) is 0 Å². The molecule has 0 fully saturated rings. The Morgan fingerprint density at radius 2 is 2.08 bits per heavy atom. The topological polar surface area (TPSA) is 69.0 Å². The summed E-state index contributed by atoms with van der Waals surface area (Å²) in [5.74, 6) is 0.608. The minimum Gasteiger partial charge on any atom is -0.496 e. The van der Waals surface area contributed by atoms with Crippen molar-refractivity contribution in [3.8, 4) is 17.0 Å². The van der Waals surface area contributed by atoms with Crippen molar-refractivity contribution in [2.45, 2.75) is 13.5 Å². The number of pyridine rings is 1. The fourth-order valence-electron chi connectivity index (χ4n) is 2.65. The molecule has 1 amide bonds. The lowest BCUT2D eigenvalue weighted by Gasteiger charge is -2.07. The molecule has 2 heterocycles. The number of methoxy groups -OCH3 is 1. The molecular formula is C19H20N4O2. The number of ether oxygens (including phenoxy) is 1. The van der Waals surface area contributed by atoms with E-state index in [1.165, 1.54) is 0 Å². The quantitative estimate of drug-likeness (QED) is 0.778. The van der Waals surface area contributed by atoms with Gasteiger partial charge in [0.1, 0.15) is 5.75 Å². The van der Waals surface area contributed by atoms with Crippen molar-refractivity contribution < 1.29 is 9.53 Å².